The molecule has 1 amide bonds. The lowest BCUT2D eigenvalue weighted by molar-refractivity contribution is -0.504. The minimum atomic E-state index is -0.799. The number of aromatic amines is 1. The maximum atomic E-state index is 13.8. The van der Waals surface area contributed by atoms with Gasteiger partial charge in [-0.15, -0.1) is 0 Å². The van der Waals surface area contributed by atoms with Gasteiger partial charge in [0, 0.05) is 50.9 Å². The highest BCUT2D eigenvalue weighted by Crippen LogP contribution is 2.36. The number of aliphatic imine (C=N–C) groups is 1. The molecule has 0 radical (unpaired) electrons. The molecule has 0 bridgehead atoms. The van der Waals surface area contributed by atoms with Gasteiger partial charge >= 0.3 is 0 Å². The monoisotopic (exact) mass is 590 g/mol. The number of imidazole rings is 1. The summed E-state index contributed by atoms with van der Waals surface area (Å²) >= 11 is 0. The van der Waals surface area contributed by atoms with E-state index in [9.17, 15) is 9.18 Å². The summed E-state index contributed by atoms with van der Waals surface area (Å²) in [7, 11) is 2.06. The highest BCUT2D eigenvalue weighted by Gasteiger charge is 2.43. The number of H-pyrrole nitrogens is 1. The summed E-state index contributed by atoms with van der Waals surface area (Å²) in [6.07, 6.45) is 5.51. The molecule has 2 N–H and O–H groups in total. The number of benzene rings is 1. The number of ether oxygens (including phenoxy) is 2. The van der Waals surface area contributed by atoms with Crippen molar-refractivity contribution in [2.75, 3.05) is 71.4 Å². The van der Waals surface area contributed by atoms with Gasteiger partial charge in [-0.25, -0.2) is 19.3 Å². The Morgan fingerprint density at radius 1 is 1.14 bits per heavy atom. The third-order valence-electron chi connectivity index (χ3n) is 7.94. The van der Waals surface area contributed by atoms with E-state index in [0.29, 0.717) is 54.1 Å². The van der Waals surface area contributed by atoms with Crippen LogP contribution in [0.4, 0.5) is 10.3 Å². The molecule has 2 aromatic heterocycles. The molecule has 3 aliphatic rings. The molecule has 2 fully saturated rings. The second kappa shape index (κ2) is 12.7. The van der Waals surface area contributed by atoms with Gasteiger partial charge in [0.15, 0.2) is 12.0 Å². The van der Waals surface area contributed by atoms with Crippen molar-refractivity contribution in [1.29, 1.82) is 0 Å². The number of piperazine rings is 1. The standard InChI is InChI=1S/C30H37FN9O3/c1-30(28(41)40-16-14-38(2)15-17-40)18-42-27(43-19-30)26-36-24(21-4-6-22(31)7-5-21)25(37-26)23-8-10-34-29(35-23)33-9-3-12-39-13-11-32-20-39/h4-8,10-11,20,27H,3,9,12-19H2,1-2H3,(H,36,37)(H,33,34,35)/q+1. The predicted octanol–water partition coefficient (Wildman–Crippen LogP) is 2.43. The van der Waals surface area contributed by atoms with Crippen molar-refractivity contribution in [3.05, 3.63) is 48.2 Å². The lowest BCUT2D eigenvalue weighted by Crippen LogP contribution is -2.55. The van der Waals surface area contributed by atoms with Crippen molar-refractivity contribution in [2.24, 2.45) is 10.4 Å². The molecule has 6 rings (SSSR count). The van der Waals surface area contributed by atoms with Crippen LogP contribution in [0, 0.1) is 11.2 Å². The van der Waals surface area contributed by atoms with Crippen LogP contribution in [0.15, 0.2) is 41.5 Å². The van der Waals surface area contributed by atoms with Crippen molar-refractivity contribution in [1.82, 2.24) is 29.7 Å². The Morgan fingerprint density at radius 3 is 2.63 bits per heavy atom. The molecule has 43 heavy (non-hydrogen) atoms. The third kappa shape index (κ3) is 6.63. The molecule has 0 atom stereocenters. The molecule has 2 saturated heterocycles. The number of amides is 1. The van der Waals surface area contributed by atoms with Crippen LogP contribution >= 0.6 is 0 Å². The van der Waals surface area contributed by atoms with Gasteiger partial charge in [-0.2, -0.15) is 0 Å². The maximum absolute atomic E-state index is 13.8. The number of rotatable bonds is 9. The highest BCUT2D eigenvalue weighted by molar-refractivity contribution is 5.83. The molecule has 0 unspecified atom stereocenters. The zero-order chi connectivity index (χ0) is 29.8. The number of likely N-dealkylation sites (N-methyl/N-ethyl adjacent to an activating group) is 1. The van der Waals surface area contributed by atoms with Gasteiger partial charge in [-0.05, 0) is 44.3 Å². The molecule has 3 aromatic rings. The summed E-state index contributed by atoms with van der Waals surface area (Å²) in [5, 5.41) is 3.29. The maximum Gasteiger partial charge on any atom is 0.281 e. The zero-order valence-electron chi connectivity index (χ0n) is 24.5. The fourth-order valence-corrected chi connectivity index (χ4v) is 5.34. The van der Waals surface area contributed by atoms with Crippen LogP contribution in [0.1, 0.15) is 25.5 Å². The van der Waals surface area contributed by atoms with Crippen LogP contribution in [0.25, 0.3) is 22.6 Å². The molecule has 3 aliphatic heterocycles. The Hall–Kier alpha value is -4.07. The molecule has 13 heteroatoms. The zero-order valence-corrected chi connectivity index (χ0v) is 24.5. The molecule has 0 saturated carbocycles. The van der Waals surface area contributed by atoms with Gasteiger partial charge in [0.25, 0.3) is 6.34 Å². The lowest BCUT2D eigenvalue weighted by atomic mass is 9.90. The van der Waals surface area contributed by atoms with E-state index in [0.717, 1.165) is 32.6 Å². The first kappa shape index (κ1) is 29.0. The minimum absolute atomic E-state index is 0.0408. The summed E-state index contributed by atoms with van der Waals surface area (Å²) in [6.45, 7) is 7.78. The average Bonchev–Trinajstić information content (AvgIpc) is 3.71. The fourth-order valence-electron chi connectivity index (χ4n) is 5.34. The Morgan fingerprint density at radius 2 is 1.91 bits per heavy atom. The number of anilines is 1. The molecule has 12 nitrogen and oxygen atoms in total. The average molecular weight is 591 g/mol. The second-order valence-electron chi connectivity index (χ2n) is 11.5. The number of nitrogens with one attached hydrogen (secondary N) is 2. The third-order valence-corrected chi connectivity index (χ3v) is 7.94. The Bertz CT molecular complexity index is 1490. The van der Waals surface area contributed by atoms with Crippen molar-refractivity contribution >= 4 is 24.4 Å². The molecule has 0 spiro atoms. The molecule has 1 aromatic carbocycles. The normalized spacial score (nSPS) is 22.5. The largest absolute Gasteiger partial charge is 0.354 e. The topological polar surface area (TPSA) is 124 Å². The quantitative estimate of drug-likeness (QED) is 0.288. The van der Waals surface area contributed by atoms with Crippen LogP contribution in [0.5, 0.6) is 0 Å². The van der Waals surface area contributed by atoms with Gasteiger partial charge < -0.3 is 29.6 Å². The number of carbonyl (C=O) groups is 1. The van der Waals surface area contributed by atoms with Crippen LogP contribution < -0.4 is 5.32 Å². The van der Waals surface area contributed by atoms with Crippen molar-refractivity contribution < 1.29 is 23.2 Å². The van der Waals surface area contributed by atoms with E-state index < -0.39 is 11.7 Å². The number of hydrogen-bond acceptors (Lipinski definition) is 9. The number of carbonyl (C=O) groups excluding carboxylic acids is 1. The van der Waals surface area contributed by atoms with Crippen LogP contribution in [-0.4, -0.2) is 119 Å². The Kier molecular flexibility index (Phi) is 8.54. The summed E-state index contributed by atoms with van der Waals surface area (Å²) in [5.74, 6) is 0.638. The van der Waals surface area contributed by atoms with E-state index in [1.165, 1.54) is 12.1 Å². The number of aromatic nitrogens is 4. The molecular weight excluding hydrogens is 553 g/mol. The first-order valence-electron chi connectivity index (χ1n) is 14.6. The SMILES string of the molecule is CN1CCN(C(=O)C2(C)COC(c3nc(-c4ccc(F)cc4)c(-c4ccnc(NCCC[N+]5=CN=CC5)n4)[nH]3)OC2)CC1. The van der Waals surface area contributed by atoms with E-state index in [-0.39, 0.29) is 24.9 Å². The summed E-state index contributed by atoms with van der Waals surface area (Å²) in [5.41, 5.74) is 1.75. The first-order chi connectivity index (χ1) is 20.9. The van der Waals surface area contributed by atoms with Gasteiger partial charge in [0.05, 0.1) is 42.3 Å². The van der Waals surface area contributed by atoms with Crippen LogP contribution in [0.2, 0.25) is 0 Å². The number of nitrogens with zero attached hydrogens (tertiary/aromatic N) is 7. The Labute approximate surface area is 249 Å². The number of halogens is 1. The van der Waals surface area contributed by atoms with Gasteiger partial charge in [0.2, 0.25) is 18.1 Å². The van der Waals surface area contributed by atoms with Gasteiger partial charge in [-0.1, -0.05) is 4.99 Å². The summed E-state index contributed by atoms with van der Waals surface area (Å²) < 4.78 is 28.1. The lowest BCUT2D eigenvalue weighted by Gasteiger charge is -2.41. The summed E-state index contributed by atoms with van der Waals surface area (Å²) in [4.78, 5) is 38.8. The van der Waals surface area contributed by atoms with Crippen molar-refractivity contribution in [3.8, 4) is 22.6 Å². The fraction of sp³-hybridized carbons (Fsp3) is 0.467. The van der Waals surface area contributed by atoms with Gasteiger partial charge in [0.1, 0.15) is 12.4 Å². The summed E-state index contributed by atoms with van der Waals surface area (Å²) in [6, 6.07) is 7.93. The van der Waals surface area contributed by atoms with E-state index >= 15 is 0 Å². The smallest absolute Gasteiger partial charge is 0.281 e. The van der Waals surface area contributed by atoms with E-state index in [1.807, 2.05) is 24.4 Å². The second-order valence-corrected chi connectivity index (χ2v) is 11.5. The molecular formula is C30H37FN9O3+. The molecule has 226 valence electrons. The first-order valence-corrected chi connectivity index (χ1v) is 14.6. The molecule has 5 heterocycles. The predicted molar refractivity (Wildman–Crippen MR) is 159 cm³/mol. The Balaban J connectivity index is 1.18. The van der Waals surface area contributed by atoms with Crippen LogP contribution in [-0.2, 0) is 14.3 Å². The minimum Gasteiger partial charge on any atom is -0.354 e. The molecule has 0 aliphatic carbocycles. The van der Waals surface area contributed by atoms with E-state index in [1.54, 1.807) is 24.4 Å². The van der Waals surface area contributed by atoms with Crippen molar-refractivity contribution in [3.63, 3.8) is 0 Å². The number of hydrogen-bond donors (Lipinski definition) is 2. The highest BCUT2D eigenvalue weighted by atomic mass is 19.1. The van der Waals surface area contributed by atoms with Crippen molar-refractivity contribution in [2.45, 2.75) is 19.6 Å². The van der Waals surface area contributed by atoms with E-state index in [4.69, 9.17) is 19.4 Å². The van der Waals surface area contributed by atoms with Crippen LogP contribution in [0.3, 0.4) is 0 Å². The van der Waals surface area contributed by atoms with E-state index in [2.05, 4.69) is 36.8 Å². The van der Waals surface area contributed by atoms with Gasteiger partial charge in [-0.3, -0.25) is 9.37 Å².